The van der Waals surface area contributed by atoms with E-state index >= 15 is 0 Å². The first kappa shape index (κ1) is 17.5. The molecule has 138 valence electrons. The van der Waals surface area contributed by atoms with Crippen molar-refractivity contribution in [2.24, 2.45) is 5.92 Å². The van der Waals surface area contributed by atoms with E-state index in [9.17, 15) is 9.18 Å². The van der Waals surface area contributed by atoms with Crippen molar-refractivity contribution in [2.75, 3.05) is 5.32 Å². The molecule has 1 N–H and O–H groups in total. The maximum Gasteiger partial charge on any atom is 0.168 e. The highest BCUT2D eigenvalue weighted by Crippen LogP contribution is 2.34. The second-order valence-electron chi connectivity index (χ2n) is 7.50. The minimum atomic E-state index is -0.294. The molecule has 1 aliphatic rings. The van der Waals surface area contributed by atoms with Gasteiger partial charge in [0.2, 0.25) is 0 Å². The van der Waals surface area contributed by atoms with Gasteiger partial charge in [0.05, 0.1) is 16.9 Å². The van der Waals surface area contributed by atoms with Gasteiger partial charge in [-0.25, -0.2) is 9.07 Å². The van der Waals surface area contributed by atoms with E-state index in [4.69, 9.17) is 5.10 Å². The van der Waals surface area contributed by atoms with Gasteiger partial charge in [-0.2, -0.15) is 0 Å². The van der Waals surface area contributed by atoms with Crippen LogP contribution in [0.5, 0.6) is 0 Å². The van der Waals surface area contributed by atoms with Gasteiger partial charge in [-0.15, -0.1) is 5.10 Å². The Kier molecular flexibility index (Phi) is 4.30. The van der Waals surface area contributed by atoms with Crippen LogP contribution in [-0.4, -0.2) is 15.6 Å². The number of ketones is 1. The standard InChI is InChI=1S/C22H22FN3O/c1-13-8-14(2)10-17(9-13)24-22-21-19(11-15(3)12-20(21)27)26(25-22)18-6-4-16(23)5-7-18/h4-10,15H,11-12H2,1-3H3,(H,24,25)/t15-/m0/s1. The number of anilines is 2. The van der Waals surface area contributed by atoms with Crippen molar-refractivity contribution in [3.8, 4) is 5.69 Å². The number of nitrogens with zero attached hydrogens (tertiary/aromatic N) is 2. The van der Waals surface area contributed by atoms with E-state index in [1.807, 2.05) is 26.0 Å². The third-order valence-electron chi connectivity index (χ3n) is 4.89. The first-order chi connectivity index (χ1) is 12.9. The van der Waals surface area contributed by atoms with Crippen LogP contribution < -0.4 is 5.32 Å². The zero-order valence-electron chi connectivity index (χ0n) is 15.7. The summed E-state index contributed by atoms with van der Waals surface area (Å²) in [7, 11) is 0. The highest BCUT2D eigenvalue weighted by molar-refractivity contribution is 6.03. The molecule has 0 spiro atoms. The van der Waals surface area contributed by atoms with Crippen molar-refractivity contribution in [3.05, 3.63) is 70.7 Å². The molecule has 1 aromatic heterocycles. The molecule has 0 fully saturated rings. The summed E-state index contributed by atoms with van der Waals surface area (Å²) in [4.78, 5) is 12.8. The average molecular weight is 363 g/mol. The van der Waals surface area contributed by atoms with E-state index in [2.05, 4.69) is 18.3 Å². The molecule has 1 atom stereocenters. The quantitative estimate of drug-likeness (QED) is 0.701. The normalized spacial score (nSPS) is 16.3. The summed E-state index contributed by atoms with van der Waals surface area (Å²) < 4.78 is 15.1. The molecule has 5 heteroatoms. The molecule has 4 rings (SSSR count). The molecule has 3 aromatic rings. The number of hydrogen-bond donors (Lipinski definition) is 1. The maximum atomic E-state index is 13.3. The topological polar surface area (TPSA) is 46.9 Å². The summed E-state index contributed by atoms with van der Waals surface area (Å²) in [6, 6.07) is 12.4. The lowest BCUT2D eigenvalue weighted by molar-refractivity contribution is 0.0953. The molecule has 1 aliphatic carbocycles. The predicted molar refractivity (Wildman–Crippen MR) is 105 cm³/mol. The van der Waals surface area contributed by atoms with Crippen LogP contribution in [0.15, 0.2) is 42.5 Å². The van der Waals surface area contributed by atoms with Gasteiger partial charge in [0, 0.05) is 12.1 Å². The number of halogens is 1. The summed E-state index contributed by atoms with van der Waals surface area (Å²) in [5.41, 5.74) is 5.48. The lowest BCUT2D eigenvalue weighted by Crippen LogP contribution is -2.19. The van der Waals surface area contributed by atoms with Gasteiger partial charge in [-0.05, 0) is 73.7 Å². The fourth-order valence-corrected chi connectivity index (χ4v) is 3.82. The SMILES string of the molecule is Cc1cc(C)cc(Nc2nn(-c3ccc(F)cc3)c3c2C(=O)C[C@@H](C)C3)c1. The second kappa shape index (κ2) is 6.65. The lowest BCUT2D eigenvalue weighted by Gasteiger charge is -2.19. The summed E-state index contributed by atoms with van der Waals surface area (Å²) in [6.45, 7) is 6.15. The van der Waals surface area contributed by atoms with Crippen molar-refractivity contribution in [3.63, 3.8) is 0 Å². The summed E-state index contributed by atoms with van der Waals surface area (Å²) in [5.74, 6) is 0.632. The van der Waals surface area contributed by atoms with Crippen LogP contribution in [0, 0.1) is 25.6 Å². The van der Waals surface area contributed by atoms with Crippen LogP contribution in [0.4, 0.5) is 15.9 Å². The minimum absolute atomic E-state index is 0.101. The number of aromatic nitrogens is 2. The predicted octanol–water partition coefficient (Wildman–Crippen LogP) is 5.14. The fraction of sp³-hybridized carbons (Fsp3) is 0.273. The minimum Gasteiger partial charge on any atom is -0.338 e. The van der Waals surface area contributed by atoms with Crippen LogP contribution >= 0.6 is 0 Å². The molecule has 0 saturated carbocycles. The van der Waals surface area contributed by atoms with Crippen LogP contribution in [0.2, 0.25) is 0 Å². The number of nitrogens with one attached hydrogen (secondary N) is 1. The molecule has 2 aromatic carbocycles. The molecular formula is C22H22FN3O. The van der Waals surface area contributed by atoms with Gasteiger partial charge in [-0.1, -0.05) is 13.0 Å². The van der Waals surface area contributed by atoms with Gasteiger partial charge < -0.3 is 5.32 Å². The Morgan fingerprint density at radius 1 is 1.07 bits per heavy atom. The van der Waals surface area contributed by atoms with Crippen LogP contribution in [0.1, 0.15) is 40.5 Å². The van der Waals surface area contributed by atoms with Gasteiger partial charge in [0.25, 0.3) is 0 Å². The summed E-state index contributed by atoms with van der Waals surface area (Å²) in [5, 5.41) is 8.03. The van der Waals surface area contributed by atoms with E-state index in [0.29, 0.717) is 17.8 Å². The fourth-order valence-electron chi connectivity index (χ4n) is 3.82. The number of rotatable bonds is 3. The summed E-state index contributed by atoms with van der Waals surface area (Å²) in [6.07, 6.45) is 1.28. The van der Waals surface area contributed by atoms with Crippen molar-refractivity contribution in [1.29, 1.82) is 0 Å². The molecule has 0 bridgehead atoms. The van der Waals surface area contributed by atoms with Crippen molar-refractivity contribution in [1.82, 2.24) is 9.78 Å². The van der Waals surface area contributed by atoms with E-state index < -0.39 is 0 Å². The number of benzene rings is 2. The highest BCUT2D eigenvalue weighted by Gasteiger charge is 2.31. The van der Waals surface area contributed by atoms with E-state index in [1.165, 1.54) is 12.1 Å². The number of fused-ring (bicyclic) bond motifs is 1. The Bertz CT molecular complexity index is 1000. The third kappa shape index (κ3) is 3.37. The first-order valence-corrected chi connectivity index (χ1v) is 9.17. The first-order valence-electron chi connectivity index (χ1n) is 9.17. The molecule has 1 heterocycles. The van der Waals surface area contributed by atoms with Gasteiger partial charge in [0.1, 0.15) is 5.82 Å². The summed E-state index contributed by atoms with van der Waals surface area (Å²) >= 11 is 0. The Morgan fingerprint density at radius 2 is 1.74 bits per heavy atom. The van der Waals surface area contributed by atoms with Crippen molar-refractivity contribution >= 4 is 17.3 Å². The highest BCUT2D eigenvalue weighted by atomic mass is 19.1. The molecule has 0 amide bonds. The number of hydrogen-bond acceptors (Lipinski definition) is 3. The molecule has 0 unspecified atom stereocenters. The Balaban J connectivity index is 1.83. The monoisotopic (exact) mass is 363 g/mol. The number of carbonyl (C=O) groups excluding carboxylic acids is 1. The number of carbonyl (C=O) groups is 1. The molecule has 0 saturated heterocycles. The zero-order valence-corrected chi connectivity index (χ0v) is 15.7. The molecule has 0 aliphatic heterocycles. The van der Waals surface area contributed by atoms with E-state index in [1.54, 1.807) is 16.8 Å². The van der Waals surface area contributed by atoms with Crippen molar-refractivity contribution < 1.29 is 9.18 Å². The Labute approximate surface area is 158 Å². The van der Waals surface area contributed by atoms with Crippen LogP contribution in [0.25, 0.3) is 5.69 Å². The van der Waals surface area contributed by atoms with Gasteiger partial charge in [-0.3, -0.25) is 4.79 Å². The molecule has 0 radical (unpaired) electrons. The number of Topliss-reactive ketones (excluding diaryl/α,β-unsaturated/α-hetero) is 1. The largest absolute Gasteiger partial charge is 0.338 e. The van der Waals surface area contributed by atoms with Gasteiger partial charge in [0.15, 0.2) is 11.6 Å². The molecule has 4 nitrogen and oxygen atoms in total. The van der Waals surface area contributed by atoms with E-state index in [-0.39, 0.29) is 17.5 Å². The smallest absolute Gasteiger partial charge is 0.168 e. The van der Waals surface area contributed by atoms with Gasteiger partial charge >= 0.3 is 0 Å². The molecular weight excluding hydrogens is 341 g/mol. The third-order valence-corrected chi connectivity index (χ3v) is 4.89. The van der Waals surface area contributed by atoms with Crippen LogP contribution in [-0.2, 0) is 6.42 Å². The Morgan fingerprint density at radius 3 is 2.41 bits per heavy atom. The second-order valence-corrected chi connectivity index (χ2v) is 7.50. The average Bonchev–Trinajstić information content (AvgIpc) is 2.93. The number of aryl methyl sites for hydroxylation is 2. The van der Waals surface area contributed by atoms with E-state index in [0.717, 1.165) is 34.6 Å². The maximum absolute atomic E-state index is 13.3. The zero-order chi connectivity index (χ0) is 19.1. The van der Waals surface area contributed by atoms with Crippen LogP contribution in [0.3, 0.4) is 0 Å². The van der Waals surface area contributed by atoms with Crippen molar-refractivity contribution in [2.45, 2.75) is 33.6 Å². The molecule has 27 heavy (non-hydrogen) atoms. The lowest BCUT2D eigenvalue weighted by atomic mass is 9.87. The Hall–Kier alpha value is -2.95.